The summed E-state index contributed by atoms with van der Waals surface area (Å²) in [5.41, 5.74) is 1.26. The third-order valence-electron chi connectivity index (χ3n) is 4.04. The van der Waals surface area contributed by atoms with Gasteiger partial charge in [-0.2, -0.15) is 0 Å². The van der Waals surface area contributed by atoms with Crippen molar-refractivity contribution < 1.29 is 22.8 Å². The fourth-order valence-corrected chi connectivity index (χ4v) is 2.74. The van der Waals surface area contributed by atoms with Crippen LogP contribution in [0.2, 0.25) is 0 Å². The molecule has 26 heavy (non-hydrogen) atoms. The van der Waals surface area contributed by atoms with Crippen molar-refractivity contribution >= 4 is 17.5 Å². The van der Waals surface area contributed by atoms with E-state index in [4.69, 9.17) is 0 Å². The lowest BCUT2D eigenvalue weighted by atomic mass is 9.88. The number of hydrogen-bond donors (Lipinski definition) is 2. The van der Waals surface area contributed by atoms with Crippen LogP contribution in [0.25, 0.3) is 0 Å². The number of nitrogens with one attached hydrogen (secondary N) is 2. The number of benzene rings is 1. The Morgan fingerprint density at radius 2 is 1.96 bits per heavy atom. The number of carbonyl (C=O) groups is 2. The van der Waals surface area contributed by atoms with Crippen molar-refractivity contribution in [3.8, 4) is 0 Å². The van der Waals surface area contributed by atoms with Crippen molar-refractivity contribution in [2.75, 3.05) is 19.0 Å². The van der Waals surface area contributed by atoms with Crippen LogP contribution in [0, 0.1) is 24.5 Å². The first-order valence-corrected chi connectivity index (χ1v) is 7.80. The smallest absolute Gasteiger partial charge is 0.237 e. The molecule has 1 fully saturated rings. The fraction of sp³-hybridized carbons (Fsp3) is 0.278. The molecule has 1 aliphatic heterocycles. The quantitative estimate of drug-likeness (QED) is 0.822. The first-order valence-electron chi connectivity index (χ1n) is 7.80. The number of amides is 2. The average molecular weight is 365 g/mol. The highest BCUT2D eigenvalue weighted by Crippen LogP contribution is 2.30. The second-order valence-corrected chi connectivity index (χ2v) is 5.65. The van der Waals surface area contributed by atoms with Crippen molar-refractivity contribution in [2.45, 2.75) is 12.8 Å². The summed E-state index contributed by atoms with van der Waals surface area (Å²) in [5.74, 6) is -4.80. The van der Waals surface area contributed by atoms with Gasteiger partial charge in [0.25, 0.3) is 0 Å². The molecule has 1 aromatic heterocycles. The standard InChI is InChI=1S/C17H15F2N3O2.CH3F/c1-9-5-6-10(7-20-9)11-8-21-16(23)14(11)17(24)22-13-4-2-3-12(18)15(13)19;1-2/h2-7,11,14H,8H2,1H3,(H,21,23)(H,22,24);1H3. The van der Waals surface area contributed by atoms with E-state index in [0.29, 0.717) is 7.18 Å². The SMILES string of the molecule is CF.Cc1ccc(C2CNC(=O)C2C(=O)Nc2cccc(F)c2F)cn1. The first-order chi connectivity index (χ1) is 12.5. The summed E-state index contributed by atoms with van der Waals surface area (Å²) in [6.07, 6.45) is 1.61. The third-order valence-corrected chi connectivity index (χ3v) is 4.04. The van der Waals surface area contributed by atoms with Crippen molar-refractivity contribution in [1.82, 2.24) is 10.3 Å². The van der Waals surface area contributed by atoms with E-state index >= 15 is 0 Å². The van der Waals surface area contributed by atoms with Gasteiger partial charge in [-0.25, -0.2) is 8.78 Å². The van der Waals surface area contributed by atoms with E-state index in [-0.39, 0.29) is 12.2 Å². The largest absolute Gasteiger partial charge is 0.355 e. The number of alkyl halides is 1. The van der Waals surface area contributed by atoms with Gasteiger partial charge in [0.1, 0.15) is 5.92 Å². The monoisotopic (exact) mass is 365 g/mol. The third kappa shape index (κ3) is 4.01. The second kappa shape index (κ2) is 8.46. The van der Waals surface area contributed by atoms with Gasteiger partial charge in [0, 0.05) is 24.4 Å². The lowest BCUT2D eigenvalue weighted by molar-refractivity contribution is -0.130. The van der Waals surface area contributed by atoms with E-state index in [9.17, 15) is 22.8 Å². The van der Waals surface area contributed by atoms with E-state index in [1.807, 2.05) is 6.92 Å². The Bertz CT molecular complexity index is 797. The number of hydrogen-bond acceptors (Lipinski definition) is 3. The van der Waals surface area contributed by atoms with Crippen LogP contribution >= 0.6 is 0 Å². The minimum Gasteiger partial charge on any atom is -0.355 e. The maximum atomic E-state index is 13.7. The van der Waals surface area contributed by atoms with E-state index in [1.54, 1.807) is 18.3 Å². The summed E-state index contributed by atoms with van der Waals surface area (Å²) >= 11 is 0. The maximum absolute atomic E-state index is 13.7. The van der Waals surface area contributed by atoms with Crippen LogP contribution in [0.5, 0.6) is 0 Å². The molecule has 2 unspecified atom stereocenters. The highest BCUT2D eigenvalue weighted by Gasteiger charge is 2.41. The second-order valence-electron chi connectivity index (χ2n) is 5.65. The molecule has 8 heteroatoms. The molecule has 2 amide bonds. The van der Waals surface area contributed by atoms with E-state index in [1.165, 1.54) is 12.1 Å². The molecule has 1 aromatic carbocycles. The number of nitrogens with zero attached hydrogens (tertiary/aromatic N) is 1. The highest BCUT2D eigenvalue weighted by atomic mass is 19.2. The summed E-state index contributed by atoms with van der Waals surface area (Å²) in [6, 6.07) is 7.07. The molecular formula is C18H18F3N3O2. The normalized spacial score (nSPS) is 18.6. The summed E-state index contributed by atoms with van der Waals surface area (Å²) in [6.45, 7) is 2.12. The van der Waals surface area contributed by atoms with Gasteiger partial charge >= 0.3 is 0 Å². The zero-order valence-corrected chi connectivity index (χ0v) is 14.2. The van der Waals surface area contributed by atoms with Crippen molar-refractivity contribution in [3.63, 3.8) is 0 Å². The van der Waals surface area contributed by atoms with Crippen molar-refractivity contribution in [1.29, 1.82) is 0 Å². The molecule has 0 aliphatic carbocycles. The van der Waals surface area contributed by atoms with Crippen LogP contribution in [0.15, 0.2) is 36.5 Å². The minimum atomic E-state index is -1.15. The molecular weight excluding hydrogens is 347 g/mol. The fourth-order valence-electron chi connectivity index (χ4n) is 2.74. The Kier molecular flexibility index (Phi) is 6.32. The number of pyridine rings is 1. The van der Waals surface area contributed by atoms with Crippen LogP contribution in [-0.2, 0) is 9.59 Å². The summed E-state index contributed by atoms with van der Waals surface area (Å²) in [5, 5.41) is 4.93. The predicted molar refractivity (Wildman–Crippen MR) is 90.2 cm³/mol. The molecule has 2 atom stereocenters. The van der Waals surface area contributed by atoms with Crippen molar-refractivity contribution in [3.05, 3.63) is 59.4 Å². The zero-order valence-electron chi connectivity index (χ0n) is 14.2. The molecule has 5 nitrogen and oxygen atoms in total. The summed E-state index contributed by atoms with van der Waals surface area (Å²) < 4.78 is 36.5. The molecule has 1 aliphatic rings. The molecule has 2 aromatic rings. The first kappa shape index (κ1) is 19.4. The Morgan fingerprint density at radius 3 is 2.62 bits per heavy atom. The summed E-state index contributed by atoms with van der Waals surface area (Å²) in [4.78, 5) is 28.7. The number of rotatable bonds is 3. The number of aromatic nitrogens is 1. The van der Waals surface area contributed by atoms with Crippen LogP contribution in [0.3, 0.4) is 0 Å². The number of halogens is 3. The minimum absolute atomic E-state index is 0.285. The van der Waals surface area contributed by atoms with Crippen LogP contribution in [0.1, 0.15) is 17.2 Å². The molecule has 1 saturated heterocycles. The molecule has 2 N–H and O–H groups in total. The lowest BCUT2D eigenvalue weighted by Gasteiger charge is -2.17. The molecule has 0 spiro atoms. The Labute approximate surface area is 148 Å². The van der Waals surface area contributed by atoms with Gasteiger partial charge in [-0.15, -0.1) is 0 Å². The van der Waals surface area contributed by atoms with Crippen LogP contribution < -0.4 is 10.6 Å². The van der Waals surface area contributed by atoms with Gasteiger partial charge in [0.05, 0.1) is 12.9 Å². The van der Waals surface area contributed by atoms with E-state index in [2.05, 4.69) is 15.6 Å². The molecule has 0 bridgehead atoms. The Balaban J connectivity index is 0.00000117. The van der Waals surface area contributed by atoms with Gasteiger partial charge in [0.2, 0.25) is 11.8 Å². The van der Waals surface area contributed by atoms with E-state index < -0.39 is 35.3 Å². The van der Waals surface area contributed by atoms with Gasteiger partial charge in [-0.05, 0) is 30.7 Å². The maximum Gasteiger partial charge on any atom is 0.237 e. The van der Waals surface area contributed by atoms with E-state index in [0.717, 1.165) is 17.3 Å². The molecule has 2 heterocycles. The molecule has 3 rings (SSSR count). The molecule has 0 saturated carbocycles. The average Bonchev–Trinajstić information content (AvgIpc) is 3.03. The molecule has 138 valence electrons. The number of aryl methyl sites for hydroxylation is 1. The highest BCUT2D eigenvalue weighted by molar-refractivity contribution is 6.08. The summed E-state index contributed by atoms with van der Waals surface area (Å²) in [7, 11) is 0.500. The number of carbonyl (C=O) groups excluding carboxylic acids is 2. The van der Waals surface area contributed by atoms with Gasteiger partial charge in [-0.1, -0.05) is 12.1 Å². The van der Waals surface area contributed by atoms with Gasteiger partial charge < -0.3 is 10.6 Å². The Hall–Kier alpha value is -2.90. The zero-order chi connectivity index (χ0) is 19.3. The van der Waals surface area contributed by atoms with Crippen LogP contribution in [-0.4, -0.2) is 30.5 Å². The topological polar surface area (TPSA) is 71.1 Å². The molecule has 0 radical (unpaired) electrons. The van der Waals surface area contributed by atoms with Crippen molar-refractivity contribution in [2.24, 2.45) is 5.92 Å². The number of anilines is 1. The predicted octanol–water partition coefficient (Wildman–Crippen LogP) is 2.72. The van der Waals surface area contributed by atoms with Gasteiger partial charge in [-0.3, -0.25) is 19.0 Å². The lowest BCUT2D eigenvalue weighted by Crippen LogP contribution is -2.32. The van der Waals surface area contributed by atoms with Gasteiger partial charge in [0.15, 0.2) is 11.6 Å². The Morgan fingerprint density at radius 1 is 1.23 bits per heavy atom. The van der Waals surface area contributed by atoms with Crippen LogP contribution in [0.4, 0.5) is 18.9 Å².